The van der Waals surface area contributed by atoms with Crippen molar-refractivity contribution in [2.45, 2.75) is 19.3 Å². The van der Waals surface area contributed by atoms with Crippen LogP contribution in [0.25, 0.3) is 76.8 Å². The van der Waals surface area contributed by atoms with E-state index >= 15 is 0 Å². The van der Waals surface area contributed by atoms with E-state index in [2.05, 4.69) is 231 Å². The summed E-state index contributed by atoms with van der Waals surface area (Å²) in [5.41, 5.74) is 16.0. The van der Waals surface area contributed by atoms with Gasteiger partial charge in [0.05, 0.1) is 11.4 Å². The summed E-state index contributed by atoms with van der Waals surface area (Å²) in [4.78, 5) is 2.48. The number of anilines is 3. The fourth-order valence-corrected chi connectivity index (χ4v) is 9.73. The molecule has 0 aromatic heterocycles. The molecule has 0 unspecified atom stereocenters. The minimum atomic E-state index is -0.103. The zero-order valence-corrected chi connectivity index (χ0v) is 32.7. The Hall–Kier alpha value is -7.22. The minimum absolute atomic E-state index is 0.103. The Balaban J connectivity index is 1.14. The first-order valence-corrected chi connectivity index (χ1v) is 20.3. The largest absolute Gasteiger partial charge is 0.309 e. The second-order valence-electron chi connectivity index (χ2n) is 16.1. The van der Waals surface area contributed by atoms with Gasteiger partial charge in [-0.1, -0.05) is 196 Å². The molecule has 0 saturated heterocycles. The van der Waals surface area contributed by atoms with Gasteiger partial charge in [0.2, 0.25) is 0 Å². The number of hydrogen-bond donors (Lipinski definition) is 0. The van der Waals surface area contributed by atoms with E-state index in [1.165, 1.54) is 88.0 Å². The number of benzene rings is 10. The summed E-state index contributed by atoms with van der Waals surface area (Å²) in [5.74, 6) is 0. The highest BCUT2D eigenvalue weighted by molar-refractivity contribution is 6.14. The first-order chi connectivity index (χ1) is 28.5. The van der Waals surface area contributed by atoms with Crippen molar-refractivity contribution in [2.24, 2.45) is 0 Å². The first-order valence-electron chi connectivity index (χ1n) is 20.3. The quantitative estimate of drug-likeness (QED) is 0.154. The van der Waals surface area contributed by atoms with Crippen LogP contribution in [0.2, 0.25) is 0 Å². The predicted octanol–water partition coefficient (Wildman–Crippen LogP) is 15.9. The van der Waals surface area contributed by atoms with Crippen molar-refractivity contribution in [1.29, 1.82) is 0 Å². The molecule has 0 aliphatic heterocycles. The molecule has 0 heterocycles. The minimum Gasteiger partial charge on any atom is -0.309 e. The van der Waals surface area contributed by atoms with Crippen molar-refractivity contribution >= 4 is 49.4 Å². The molecule has 58 heavy (non-hydrogen) atoms. The number of rotatable bonds is 6. The van der Waals surface area contributed by atoms with Gasteiger partial charge in [-0.15, -0.1) is 0 Å². The molecule has 1 heteroatoms. The van der Waals surface area contributed by atoms with Crippen LogP contribution in [0.4, 0.5) is 17.1 Å². The molecular weight excluding hydrogens is 699 g/mol. The molecule has 0 fully saturated rings. The van der Waals surface area contributed by atoms with Gasteiger partial charge < -0.3 is 4.90 Å². The van der Waals surface area contributed by atoms with Crippen LogP contribution >= 0.6 is 0 Å². The standard InChI is InChI=1S/C57H41N/c1-57(2)53-28-13-12-25-50(53)51-27-15-26-47(56(51)57)40-30-33-43(34-31-40)58(54-29-14-20-39-18-6-9-22-45(39)54)55-37-42(32-35-46(55)38-16-4-3-5-17-38)52-36-41-19-7-8-21-44(41)48-23-10-11-24-49(48)52/h3-37H,1-2H3. The fraction of sp³-hybridized carbons (Fsp3) is 0.0526. The molecule has 0 amide bonds. The van der Waals surface area contributed by atoms with Gasteiger partial charge in [0, 0.05) is 22.1 Å². The van der Waals surface area contributed by atoms with Gasteiger partial charge in [-0.25, -0.2) is 0 Å². The number of nitrogens with zero attached hydrogens (tertiary/aromatic N) is 1. The molecule has 0 spiro atoms. The number of hydrogen-bond acceptors (Lipinski definition) is 1. The van der Waals surface area contributed by atoms with Crippen LogP contribution < -0.4 is 4.90 Å². The highest BCUT2D eigenvalue weighted by Gasteiger charge is 2.37. The Morgan fingerprint density at radius 3 is 1.74 bits per heavy atom. The molecule has 1 aliphatic carbocycles. The number of fused-ring (bicyclic) bond motifs is 7. The Morgan fingerprint density at radius 1 is 0.328 bits per heavy atom. The first kappa shape index (κ1) is 34.1. The van der Waals surface area contributed by atoms with Crippen molar-refractivity contribution in [1.82, 2.24) is 0 Å². The van der Waals surface area contributed by atoms with Gasteiger partial charge in [-0.05, 0) is 107 Å². The van der Waals surface area contributed by atoms with Gasteiger partial charge in [-0.2, -0.15) is 0 Å². The molecule has 10 aromatic carbocycles. The zero-order valence-electron chi connectivity index (χ0n) is 32.7. The third-order valence-corrected chi connectivity index (χ3v) is 12.4. The average molecular weight is 740 g/mol. The molecule has 0 atom stereocenters. The van der Waals surface area contributed by atoms with Gasteiger partial charge in [0.15, 0.2) is 0 Å². The lowest BCUT2D eigenvalue weighted by atomic mass is 9.79. The molecule has 0 saturated carbocycles. The van der Waals surface area contributed by atoms with Crippen molar-refractivity contribution in [3.63, 3.8) is 0 Å². The van der Waals surface area contributed by atoms with E-state index in [1.807, 2.05) is 0 Å². The maximum absolute atomic E-state index is 2.48. The Morgan fingerprint density at radius 2 is 0.914 bits per heavy atom. The summed E-state index contributed by atoms with van der Waals surface area (Å²) in [5, 5.41) is 7.45. The molecule has 1 aliphatic rings. The van der Waals surface area contributed by atoms with E-state index in [9.17, 15) is 0 Å². The van der Waals surface area contributed by atoms with Crippen LogP contribution in [0.3, 0.4) is 0 Å². The summed E-state index contributed by atoms with van der Waals surface area (Å²) >= 11 is 0. The molecule has 274 valence electrons. The maximum atomic E-state index is 2.48. The van der Waals surface area contributed by atoms with Gasteiger partial charge in [0.25, 0.3) is 0 Å². The normalized spacial score (nSPS) is 12.8. The summed E-state index contributed by atoms with van der Waals surface area (Å²) in [6.45, 7) is 4.74. The lowest BCUT2D eigenvalue weighted by molar-refractivity contribution is 0.662. The third kappa shape index (κ3) is 5.39. The van der Waals surface area contributed by atoms with E-state index in [-0.39, 0.29) is 5.41 Å². The Labute approximate surface area is 340 Å². The zero-order chi connectivity index (χ0) is 38.8. The SMILES string of the molecule is CC1(C)c2ccccc2-c2cccc(-c3ccc(N(c4cc(-c5cc6ccccc6c6ccccc56)ccc4-c4ccccc4)c4cccc5ccccc45)cc3)c21. The summed E-state index contributed by atoms with van der Waals surface area (Å²) in [6.07, 6.45) is 0. The Bertz CT molecular complexity index is 3180. The molecule has 0 bridgehead atoms. The lowest BCUT2D eigenvalue weighted by Gasteiger charge is -2.30. The monoisotopic (exact) mass is 739 g/mol. The average Bonchev–Trinajstić information content (AvgIpc) is 3.53. The van der Waals surface area contributed by atoms with Gasteiger partial charge in [0.1, 0.15) is 0 Å². The molecule has 0 radical (unpaired) electrons. The van der Waals surface area contributed by atoms with Crippen molar-refractivity contribution in [3.8, 4) is 44.5 Å². The van der Waals surface area contributed by atoms with Crippen molar-refractivity contribution in [2.75, 3.05) is 4.90 Å². The van der Waals surface area contributed by atoms with Crippen LogP contribution in [-0.4, -0.2) is 0 Å². The second-order valence-corrected chi connectivity index (χ2v) is 16.1. The van der Waals surface area contributed by atoms with Crippen LogP contribution in [0.5, 0.6) is 0 Å². The highest BCUT2D eigenvalue weighted by atomic mass is 15.1. The van der Waals surface area contributed by atoms with E-state index in [0.29, 0.717) is 0 Å². The molecule has 11 rings (SSSR count). The van der Waals surface area contributed by atoms with E-state index in [4.69, 9.17) is 0 Å². The van der Waals surface area contributed by atoms with Crippen LogP contribution in [0.1, 0.15) is 25.0 Å². The van der Waals surface area contributed by atoms with E-state index in [0.717, 1.165) is 17.1 Å². The summed E-state index contributed by atoms with van der Waals surface area (Å²) in [6, 6.07) is 78.2. The van der Waals surface area contributed by atoms with Gasteiger partial charge in [-0.3, -0.25) is 0 Å². The van der Waals surface area contributed by atoms with E-state index in [1.54, 1.807) is 0 Å². The highest BCUT2D eigenvalue weighted by Crippen LogP contribution is 2.53. The molecule has 10 aromatic rings. The summed E-state index contributed by atoms with van der Waals surface area (Å²) in [7, 11) is 0. The van der Waals surface area contributed by atoms with Gasteiger partial charge >= 0.3 is 0 Å². The van der Waals surface area contributed by atoms with E-state index < -0.39 is 0 Å². The topological polar surface area (TPSA) is 3.24 Å². The summed E-state index contributed by atoms with van der Waals surface area (Å²) < 4.78 is 0. The van der Waals surface area contributed by atoms with Crippen LogP contribution in [-0.2, 0) is 5.41 Å². The molecule has 0 N–H and O–H groups in total. The Kier molecular flexibility index (Phi) is 7.91. The van der Waals surface area contributed by atoms with Crippen molar-refractivity contribution < 1.29 is 0 Å². The molecule has 1 nitrogen and oxygen atoms in total. The lowest BCUT2D eigenvalue weighted by Crippen LogP contribution is -2.16. The second kappa shape index (κ2) is 13.5. The van der Waals surface area contributed by atoms with Crippen LogP contribution in [0, 0.1) is 0 Å². The predicted molar refractivity (Wildman–Crippen MR) is 248 cm³/mol. The van der Waals surface area contributed by atoms with Crippen LogP contribution in [0.15, 0.2) is 212 Å². The smallest absolute Gasteiger partial charge is 0.0546 e. The third-order valence-electron chi connectivity index (χ3n) is 12.4. The molecular formula is C57H41N. The van der Waals surface area contributed by atoms with Crippen molar-refractivity contribution in [3.05, 3.63) is 223 Å². The fourth-order valence-electron chi connectivity index (χ4n) is 9.73. The maximum Gasteiger partial charge on any atom is 0.0546 e.